The van der Waals surface area contributed by atoms with Crippen molar-refractivity contribution in [2.45, 2.75) is 0 Å². The fourth-order valence-electron chi connectivity index (χ4n) is 1.81. The van der Waals surface area contributed by atoms with Crippen molar-refractivity contribution in [3.63, 3.8) is 0 Å². The number of aromatic nitrogens is 2. The summed E-state index contributed by atoms with van der Waals surface area (Å²) >= 11 is 0. The Kier molecular flexibility index (Phi) is 1.90. The van der Waals surface area contributed by atoms with E-state index in [1.807, 2.05) is 18.2 Å². The second kappa shape index (κ2) is 3.38. The minimum atomic E-state index is 0.0863. The molecule has 3 heteroatoms. The van der Waals surface area contributed by atoms with Crippen LogP contribution in [0.4, 0.5) is 0 Å². The average Bonchev–Trinajstić information content (AvgIpc) is 2.75. The molecule has 2 aromatic carbocycles. The summed E-state index contributed by atoms with van der Waals surface area (Å²) in [5, 5.41) is 18.1. The summed E-state index contributed by atoms with van der Waals surface area (Å²) in [7, 11) is 0. The number of hydrogen-bond acceptors (Lipinski definition) is 2. The number of rotatable bonds is 1. The Morgan fingerprint density at radius 3 is 2.50 bits per heavy atom. The summed E-state index contributed by atoms with van der Waals surface area (Å²) in [6.45, 7) is 0. The summed E-state index contributed by atoms with van der Waals surface area (Å²) < 4.78 is 0. The van der Waals surface area contributed by atoms with Crippen molar-refractivity contribution in [3.8, 4) is 17.1 Å². The zero-order valence-corrected chi connectivity index (χ0v) is 8.51. The Hall–Kier alpha value is -2.29. The number of hydrogen-bond donors (Lipinski definition) is 2. The first kappa shape index (κ1) is 8.97. The molecule has 0 saturated heterocycles. The largest absolute Gasteiger partial charge is 0.494 e. The lowest BCUT2D eigenvalue weighted by Crippen LogP contribution is -1.78. The van der Waals surface area contributed by atoms with Crippen LogP contribution in [0.3, 0.4) is 0 Å². The van der Waals surface area contributed by atoms with Gasteiger partial charge in [-0.2, -0.15) is 5.10 Å². The molecule has 1 aromatic heterocycles. The molecule has 0 saturated carbocycles. The van der Waals surface area contributed by atoms with Crippen molar-refractivity contribution in [3.05, 3.63) is 48.5 Å². The Morgan fingerprint density at radius 2 is 1.75 bits per heavy atom. The first-order valence-corrected chi connectivity index (χ1v) is 5.06. The van der Waals surface area contributed by atoms with Gasteiger partial charge in [0.2, 0.25) is 5.88 Å². The average molecular weight is 210 g/mol. The van der Waals surface area contributed by atoms with Gasteiger partial charge in [-0.15, -0.1) is 0 Å². The molecule has 0 fully saturated rings. The fraction of sp³-hybridized carbons (Fsp3) is 0. The Morgan fingerprint density at radius 1 is 0.938 bits per heavy atom. The van der Waals surface area contributed by atoms with E-state index in [0.717, 1.165) is 11.3 Å². The first-order valence-electron chi connectivity index (χ1n) is 5.06. The highest BCUT2D eigenvalue weighted by atomic mass is 16.3. The number of nitrogens with one attached hydrogen (secondary N) is 1. The van der Waals surface area contributed by atoms with E-state index in [1.165, 1.54) is 10.8 Å². The lowest BCUT2D eigenvalue weighted by Gasteiger charge is -2.00. The van der Waals surface area contributed by atoms with Crippen molar-refractivity contribution in [1.82, 2.24) is 10.2 Å². The van der Waals surface area contributed by atoms with Crippen LogP contribution in [0.1, 0.15) is 0 Å². The summed E-state index contributed by atoms with van der Waals surface area (Å²) in [4.78, 5) is 0. The van der Waals surface area contributed by atoms with E-state index in [-0.39, 0.29) is 5.88 Å². The van der Waals surface area contributed by atoms with E-state index >= 15 is 0 Å². The molecule has 0 amide bonds. The molecule has 0 radical (unpaired) electrons. The van der Waals surface area contributed by atoms with Gasteiger partial charge in [-0.05, 0) is 16.8 Å². The molecule has 3 rings (SSSR count). The topological polar surface area (TPSA) is 48.9 Å². The van der Waals surface area contributed by atoms with Gasteiger partial charge in [0.15, 0.2) is 0 Å². The quantitative estimate of drug-likeness (QED) is 0.648. The van der Waals surface area contributed by atoms with Gasteiger partial charge in [0.05, 0.1) is 5.69 Å². The Bertz CT molecular complexity index is 643. The van der Waals surface area contributed by atoms with Crippen LogP contribution < -0.4 is 0 Å². The lowest BCUT2D eigenvalue weighted by molar-refractivity contribution is 0.452. The SMILES string of the molecule is Oc1cc(-c2ccc3ccccc3c2)n[nH]1. The highest BCUT2D eigenvalue weighted by molar-refractivity contribution is 5.86. The highest BCUT2D eigenvalue weighted by Gasteiger charge is 2.03. The molecule has 1 heterocycles. The van der Waals surface area contributed by atoms with E-state index < -0.39 is 0 Å². The Labute approximate surface area is 92.4 Å². The van der Waals surface area contributed by atoms with Crippen molar-refractivity contribution >= 4 is 10.8 Å². The van der Waals surface area contributed by atoms with Gasteiger partial charge in [-0.3, -0.25) is 0 Å². The zero-order valence-electron chi connectivity index (χ0n) is 8.51. The van der Waals surface area contributed by atoms with E-state index in [4.69, 9.17) is 0 Å². The van der Waals surface area contributed by atoms with Crippen LogP contribution in [-0.2, 0) is 0 Å². The maximum atomic E-state index is 9.21. The summed E-state index contributed by atoms with van der Waals surface area (Å²) in [6.07, 6.45) is 0. The maximum absolute atomic E-state index is 9.21. The summed E-state index contributed by atoms with van der Waals surface area (Å²) in [5.74, 6) is 0.0863. The molecule has 0 aliphatic heterocycles. The van der Waals surface area contributed by atoms with Crippen LogP contribution in [0, 0.1) is 0 Å². The van der Waals surface area contributed by atoms with Gasteiger partial charge in [0, 0.05) is 11.6 Å². The molecular formula is C13H10N2O. The third-order valence-electron chi connectivity index (χ3n) is 2.61. The third kappa shape index (κ3) is 1.42. The van der Waals surface area contributed by atoms with Crippen molar-refractivity contribution < 1.29 is 5.11 Å². The second-order valence-corrected chi connectivity index (χ2v) is 3.70. The smallest absolute Gasteiger partial charge is 0.207 e. The molecule has 0 aliphatic rings. The van der Waals surface area contributed by atoms with E-state index in [0.29, 0.717) is 0 Å². The number of aromatic amines is 1. The third-order valence-corrected chi connectivity index (χ3v) is 2.61. The van der Waals surface area contributed by atoms with Gasteiger partial charge in [-0.25, -0.2) is 5.10 Å². The van der Waals surface area contributed by atoms with Crippen molar-refractivity contribution in [2.24, 2.45) is 0 Å². The van der Waals surface area contributed by atoms with Crippen LogP contribution in [0.5, 0.6) is 5.88 Å². The number of H-pyrrole nitrogens is 1. The number of aromatic hydroxyl groups is 1. The van der Waals surface area contributed by atoms with Crippen LogP contribution in [-0.4, -0.2) is 15.3 Å². The minimum Gasteiger partial charge on any atom is -0.494 e. The molecule has 78 valence electrons. The molecule has 3 aromatic rings. The maximum Gasteiger partial charge on any atom is 0.207 e. The fourth-order valence-corrected chi connectivity index (χ4v) is 1.81. The Balaban J connectivity index is 2.18. The molecule has 0 aliphatic carbocycles. The van der Waals surface area contributed by atoms with Gasteiger partial charge >= 0.3 is 0 Å². The number of benzene rings is 2. The summed E-state index contributed by atoms with van der Waals surface area (Å²) in [6, 6.07) is 15.9. The van der Waals surface area contributed by atoms with Gasteiger partial charge in [0.1, 0.15) is 0 Å². The summed E-state index contributed by atoms with van der Waals surface area (Å²) in [5.41, 5.74) is 1.75. The molecule has 16 heavy (non-hydrogen) atoms. The lowest BCUT2D eigenvalue weighted by atomic mass is 10.1. The molecule has 3 nitrogen and oxygen atoms in total. The molecule has 0 atom stereocenters. The van der Waals surface area contributed by atoms with Crippen molar-refractivity contribution in [1.29, 1.82) is 0 Å². The van der Waals surface area contributed by atoms with Crippen LogP contribution in [0.15, 0.2) is 48.5 Å². The second-order valence-electron chi connectivity index (χ2n) is 3.70. The van der Waals surface area contributed by atoms with E-state index in [1.54, 1.807) is 6.07 Å². The highest BCUT2D eigenvalue weighted by Crippen LogP contribution is 2.24. The minimum absolute atomic E-state index is 0.0863. The van der Waals surface area contributed by atoms with Crippen molar-refractivity contribution in [2.75, 3.05) is 0 Å². The predicted molar refractivity (Wildman–Crippen MR) is 63.2 cm³/mol. The van der Waals surface area contributed by atoms with Crippen LogP contribution in [0.25, 0.3) is 22.0 Å². The van der Waals surface area contributed by atoms with E-state index in [2.05, 4.69) is 34.5 Å². The van der Waals surface area contributed by atoms with Gasteiger partial charge < -0.3 is 5.11 Å². The normalized spacial score (nSPS) is 10.8. The first-order chi connectivity index (χ1) is 7.83. The molecule has 2 N–H and O–H groups in total. The van der Waals surface area contributed by atoms with Crippen LogP contribution >= 0.6 is 0 Å². The monoisotopic (exact) mass is 210 g/mol. The molecular weight excluding hydrogens is 200 g/mol. The van der Waals surface area contributed by atoms with Gasteiger partial charge in [-0.1, -0.05) is 36.4 Å². The predicted octanol–water partition coefficient (Wildman–Crippen LogP) is 2.94. The van der Waals surface area contributed by atoms with Gasteiger partial charge in [0.25, 0.3) is 0 Å². The molecule has 0 spiro atoms. The molecule has 0 bridgehead atoms. The zero-order chi connectivity index (χ0) is 11.0. The standard InChI is InChI=1S/C13H10N2O/c16-13-8-12(14-15-13)11-6-5-9-3-1-2-4-10(9)7-11/h1-8H,(H2,14,15,16). The van der Waals surface area contributed by atoms with E-state index in [9.17, 15) is 5.11 Å². The number of nitrogens with zero attached hydrogens (tertiary/aromatic N) is 1. The number of fused-ring (bicyclic) bond motifs is 1. The molecule has 0 unspecified atom stereocenters. The van der Waals surface area contributed by atoms with Crippen LogP contribution in [0.2, 0.25) is 0 Å².